The molecule has 6 nitrogen and oxygen atoms in total. The molecule has 3 atom stereocenters. The SMILES string of the molecule is CCCCCCCCCCCCCCCCC(=O)OC[C@@H](COC(=O)CCCCCCCCCCCCC(C)CC)OC(=O)CCCCCCCCC(C)CC. The molecule has 6 heteroatoms. The molecule has 0 aliphatic rings. The van der Waals surface area contributed by atoms with E-state index >= 15 is 0 Å². The van der Waals surface area contributed by atoms with Crippen molar-refractivity contribution in [2.24, 2.45) is 11.8 Å². The molecule has 0 bridgehead atoms. The zero-order valence-corrected chi connectivity index (χ0v) is 38.3. The second kappa shape index (κ2) is 43.0. The van der Waals surface area contributed by atoms with Gasteiger partial charge in [-0.1, -0.05) is 234 Å². The Morgan fingerprint density at radius 3 is 0.929 bits per heavy atom. The van der Waals surface area contributed by atoms with Gasteiger partial charge in [-0.3, -0.25) is 14.4 Å². The minimum atomic E-state index is -0.762. The molecule has 0 aromatic rings. The maximum atomic E-state index is 12.7. The lowest BCUT2D eigenvalue weighted by atomic mass is 9.99. The summed E-state index contributed by atoms with van der Waals surface area (Å²) in [6.07, 6.45) is 42.2. The Hall–Kier alpha value is -1.59. The first-order valence-electron chi connectivity index (χ1n) is 24.8. The minimum Gasteiger partial charge on any atom is -0.462 e. The molecule has 0 saturated carbocycles. The number of unbranched alkanes of at least 4 members (excludes halogenated alkanes) is 27. The van der Waals surface area contributed by atoms with Crippen molar-refractivity contribution < 1.29 is 28.6 Å². The van der Waals surface area contributed by atoms with Gasteiger partial charge < -0.3 is 14.2 Å². The van der Waals surface area contributed by atoms with Crippen molar-refractivity contribution in [3.63, 3.8) is 0 Å². The summed E-state index contributed by atoms with van der Waals surface area (Å²) in [4.78, 5) is 37.8. The third-order valence-corrected chi connectivity index (χ3v) is 11.9. The van der Waals surface area contributed by atoms with Crippen molar-refractivity contribution in [3.05, 3.63) is 0 Å². The van der Waals surface area contributed by atoms with Crippen LogP contribution in [-0.4, -0.2) is 37.2 Å². The third kappa shape index (κ3) is 40.6. The Labute approximate surface area is 348 Å². The Bertz CT molecular complexity index is 858. The fraction of sp³-hybridized carbons (Fsp3) is 0.940. The number of carbonyl (C=O) groups is 3. The molecule has 332 valence electrons. The fourth-order valence-electron chi connectivity index (χ4n) is 7.39. The molecular weight excluding hydrogens is 697 g/mol. The molecule has 0 radical (unpaired) electrons. The normalized spacial score (nSPS) is 13.0. The molecule has 0 heterocycles. The van der Waals surface area contributed by atoms with Crippen molar-refractivity contribution in [2.75, 3.05) is 13.2 Å². The van der Waals surface area contributed by atoms with E-state index in [9.17, 15) is 14.4 Å². The van der Waals surface area contributed by atoms with E-state index in [4.69, 9.17) is 14.2 Å². The van der Waals surface area contributed by atoms with Gasteiger partial charge in [0.15, 0.2) is 6.10 Å². The van der Waals surface area contributed by atoms with E-state index in [0.717, 1.165) is 69.6 Å². The van der Waals surface area contributed by atoms with Crippen LogP contribution in [-0.2, 0) is 28.6 Å². The number of hydrogen-bond acceptors (Lipinski definition) is 6. The smallest absolute Gasteiger partial charge is 0.306 e. The van der Waals surface area contributed by atoms with Crippen molar-refractivity contribution in [1.82, 2.24) is 0 Å². The van der Waals surface area contributed by atoms with Crippen LogP contribution in [0.4, 0.5) is 0 Å². The highest BCUT2D eigenvalue weighted by Gasteiger charge is 2.19. The molecule has 0 aliphatic carbocycles. The lowest BCUT2D eigenvalue weighted by Gasteiger charge is -2.18. The summed E-state index contributed by atoms with van der Waals surface area (Å²) in [6.45, 7) is 11.4. The molecule has 56 heavy (non-hydrogen) atoms. The predicted molar refractivity (Wildman–Crippen MR) is 238 cm³/mol. The van der Waals surface area contributed by atoms with Crippen LogP contribution in [0.2, 0.25) is 0 Å². The summed E-state index contributed by atoms with van der Waals surface area (Å²) < 4.78 is 16.8. The highest BCUT2D eigenvalue weighted by Crippen LogP contribution is 2.18. The largest absolute Gasteiger partial charge is 0.462 e. The molecule has 0 saturated heterocycles. The Morgan fingerprint density at radius 2 is 0.625 bits per heavy atom. The van der Waals surface area contributed by atoms with E-state index in [1.54, 1.807) is 0 Å². The van der Waals surface area contributed by atoms with Gasteiger partial charge in [-0.05, 0) is 31.1 Å². The van der Waals surface area contributed by atoms with Crippen LogP contribution >= 0.6 is 0 Å². The van der Waals surface area contributed by atoms with Crippen LogP contribution in [0.25, 0.3) is 0 Å². The predicted octanol–water partition coefficient (Wildman–Crippen LogP) is 15.8. The summed E-state index contributed by atoms with van der Waals surface area (Å²) in [6, 6.07) is 0. The fourth-order valence-corrected chi connectivity index (χ4v) is 7.39. The molecule has 0 rings (SSSR count). The van der Waals surface area contributed by atoms with E-state index in [1.165, 1.54) is 161 Å². The minimum absolute atomic E-state index is 0.0650. The first kappa shape index (κ1) is 54.4. The molecular formula is C50H96O6. The molecule has 0 aromatic carbocycles. The van der Waals surface area contributed by atoms with Crippen molar-refractivity contribution in [1.29, 1.82) is 0 Å². The van der Waals surface area contributed by atoms with Gasteiger partial charge in [0.25, 0.3) is 0 Å². The van der Waals surface area contributed by atoms with Crippen LogP contribution in [0.1, 0.15) is 272 Å². The van der Waals surface area contributed by atoms with Crippen LogP contribution in [0, 0.1) is 11.8 Å². The van der Waals surface area contributed by atoms with Crippen molar-refractivity contribution >= 4 is 17.9 Å². The topological polar surface area (TPSA) is 78.9 Å². The van der Waals surface area contributed by atoms with Gasteiger partial charge in [-0.25, -0.2) is 0 Å². The monoisotopic (exact) mass is 793 g/mol. The molecule has 0 fully saturated rings. The van der Waals surface area contributed by atoms with Gasteiger partial charge >= 0.3 is 17.9 Å². The quantitative estimate of drug-likeness (QED) is 0.0347. The number of ether oxygens (including phenoxy) is 3. The van der Waals surface area contributed by atoms with Crippen LogP contribution < -0.4 is 0 Å². The van der Waals surface area contributed by atoms with E-state index < -0.39 is 6.10 Å². The van der Waals surface area contributed by atoms with Gasteiger partial charge in [0.05, 0.1) is 0 Å². The highest BCUT2D eigenvalue weighted by atomic mass is 16.6. The first-order valence-corrected chi connectivity index (χ1v) is 24.8. The molecule has 0 amide bonds. The summed E-state index contributed by atoms with van der Waals surface area (Å²) >= 11 is 0. The number of carbonyl (C=O) groups excluding carboxylic acids is 3. The van der Waals surface area contributed by atoms with E-state index in [1.807, 2.05) is 0 Å². The van der Waals surface area contributed by atoms with Gasteiger partial charge in [0.1, 0.15) is 13.2 Å². The third-order valence-electron chi connectivity index (χ3n) is 11.9. The highest BCUT2D eigenvalue weighted by molar-refractivity contribution is 5.71. The van der Waals surface area contributed by atoms with Crippen LogP contribution in [0.5, 0.6) is 0 Å². The average Bonchev–Trinajstić information content (AvgIpc) is 3.19. The second-order valence-corrected chi connectivity index (χ2v) is 17.6. The molecule has 0 aliphatic heterocycles. The van der Waals surface area contributed by atoms with Gasteiger partial charge in [-0.2, -0.15) is 0 Å². The maximum Gasteiger partial charge on any atom is 0.306 e. The summed E-state index contributed by atoms with van der Waals surface area (Å²) in [7, 11) is 0. The lowest BCUT2D eigenvalue weighted by molar-refractivity contribution is -0.167. The van der Waals surface area contributed by atoms with Crippen LogP contribution in [0.15, 0.2) is 0 Å². The molecule has 2 unspecified atom stereocenters. The Morgan fingerprint density at radius 1 is 0.357 bits per heavy atom. The number of hydrogen-bond donors (Lipinski definition) is 0. The number of esters is 3. The van der Waals surface area contributed by atoms with Crippen molar-refractivity contribution in [3.8, 4) is 0 Å². The first-order chi connectivity index (χ1) is 27.3. The maximum absolute atomic E-state index is 12.7. The molecule has 0 N–H and O–H groups in total. The average molecular weight is 793 g/mol. The summed E-state index contributed by atoms with van der Waals surface area (Å²) in [5.41, 5.74) is 0. The van der Waals surface area contributed by atoms with Gasteiger partial charge in [0.2, 0.25) is 0 Å². The van der Waals surface area contributed by atoms with Gasteiger partial charge in [-0.15, -0.1) is 0 Å². The summed E-state index contributed by atoms with van der Waals surface area (Å²) in [5, 5.41) is 0. The van der Waals surface area contributed by atoms with E-state index in [-0.39, 0.29) is 31.1 Å². The molecule has 0 spiro atoms. The zero-order valence-electron chi connectivity index (χ0n) is 38.3. The van der Waals surface area contributed by atoms with Crippen molar-refractivity contribution in [2.45, 2.75) is 278 Å². The van der Waals surface area contributed by atoms with E-state index in [2.05, 4.69) is 34.6 Å². The van der Waals surface area contributed by atoms with Gasteiger partial charge in [0, 0.05) is 19.3 Å². The van der Waals surface area contributed by atoms with Crippen LogP contribution in [0.3, 0.4) is 0 Å². The number of rotatable bonds is 44. The lowest BCUT2D eigenvalue weighted by Crippen LogP contribution is -2.30. The Balaban J connectivity index is 4.31. The second-order valence-electron chi connectivity index (χ2n) is 17.6. The Kier molecular flexibility index (Phi) is 41.8. The standard InChI is InChI=1S/C50H96O6/c1-6-9-10-11-12-13-14-15-16-17-21-24-30-35-40-48(51)54-43-47(56-50(53)42-37-32-27-26-29-34-39-46(5)8-3)44-55-49(52)41-36-31-25-22-19-18-20-23-28-33-38-45(4)7-2/h45-47H,6-44H2,1-5H3/t45?,46?,47-/m0/s1. The van der Waals surface area contributed by atoms with E-state index in [0.29, 0.717) is 19.3 Å². The summed E-state index contributed by atoms with van der Waals surface area (Å²) in [5.74, 6) is 0.825. The molecule has 0 aromatic heterocycles. The zero-order chi connectivity index (χ0) is 41.2.